The van der Waals surface area contributed by atoms with E-state index in [1.807, 2.05) is 50.3 Å². The summed E-state index contributed by atoms with van der Waals surface area (Å²) in [6.45, 7) is 9.55. The van der Waals surface area contributed by atoms with Crippen LogP contribution in [0.25, 0.3) is 6.08 Å². The van der Waals surface area contributed by atoms with Crippen LogP contribution in [0.2, 0.25) is 0 Å². The fourth-order valence-corrected chi connectivity index (χ4v) is 6.16. The number of carbonyl (C=O) groups is 1. The Labute approximate surface area is 222 Å². The van der Waals surface area contributed by atoms with Crippen molar-refractivity contribution >= 4 is 46.1 Å². The first-order valence-corrected chi connectivity index (χ1v) is 13.4. The highest BCUT2D eigenvalue weighted by Crippen LogP contribution is 2.39. The van der Waals surface area contributed by atoms with E-state index in [2.05, 4.69) is 22.9 Å². The van der Waals surface area contributed by atoms with Gasteiger partial charge in [-0.25, -0.2) is 0 Å². The molecule has 0 spiro atoms. The van der Waals surface area contributed by atoms with Gasteiger partial charge >= 0.3 is 0 Å². The monoisotopic (exact) mass is 521 g/mol. The van der Waals surface area contributed by atoms with Crippen LogP contribution in [0.4, 0.5) is 5.82 Å². The van der Waals surface area contributed by atoms with E-state index in [0.29, 0.717) is 21.3 Å². The normalized spacial score (nSPS) is 18.7. The Morgan fingerprint density at radius 1 is 1.17 bits per heavy atom. The molecule has 0 bridgehead atoms. The van der Waals surface area contributed by atoms with Crippen LogP contribution >= 0.6 is 24.0 Å². The van der Waals surface area contributed by atoms with Crippen molar-refractivity contribution in [3.63, 3.8) is 0 Å². The smallest absolute Gasteiger partial charge is 0.270 e. The van der Waals surface area contributed by atoms with Crippen LogP contribution in [0.15, 0.2) is 40.0 Å². The Morgan fingerprint density at radius 3 is 2.44 bits per heavy atom. The maximum atomic E-state index is 13.6. The summed E-state index contributed by atoms with van der Waals surface area (Å²) < 4.78 is 2.22. The van der Waals surface area contributed by atoms with Gasteiger partial charge in [0.2, 0.25) is 0 Å². The fourth-order valence-electron chi connectivity index (χ4n) is 4.76. The molecule has 1 aromatic carbocycles. The van der Waals surface area contributed by atoms with Crippen molar-refractivity contribution in [2.24, 2.45) is 0 Å². The van der Waals surface area contributed by atoms with E-state index in [9.17, 15) is 14.9 Å². The molecular formula is C27H31N5O2S2. The predicted octanol–water partition coefficient (Wildman–Crippen LogP) is 4.15. The molecule has 2 aromatic rings. The van der Waals surface area contributed by atoms with E-state index in [4.69, 9.17) is 12.2 Å². The van der Waals surface area contributed by atoms with Crippen molar-refractivity contribution in [3.05, 3.63) is 67.8 Å². The number of nitriles is 1. The Hall–Kier alpha value is -2.93. The molecule has 188 valence electrons. The molecule has 3 heterocycles. The fraction of sp³-hybridized carbons (Fsp3) is 0.407. The number of hydrogen-bond donors (Lipinski definition) is 0. The molecule has 1 atom stereocenters. The number of piperazine rings is 1. The summed E-state index contributed by atoms with van der Waals surface area (Å²) in [7, 11) is 2.08. The van der Waals surface area contributed by atoms with Crippen LogP contribution in [0.1, 0.15) is 48.6 Å². The minimum absolute atomic E-state index is 0.126. The highest BCUT2D eigenvalue weighted by molar-refractivity contribution is 8.26. The molecule has 0 aliphatic carbocycles. The van der Waals surface area contributed by atoms with E-state index >= 15 is 0 Å². The Kier molecular flexibility index (Phi) is 7.98. The number of carbonyl (C=O) groups excluding carboxylic acids is 1. The van der Waals surface area contributed by atoms with Crippen molar-refractivity contribution in [1.82, 2.24) is 14.4 Å². The topological polar surface area (TPSA) is 72.6 Å². The highest BCUT2D eigenvalue weighted by Gasteiger charge is 2.37. The van der Waals surface area contributed by atoms with Gasteiger partial charge in [-0.15, -0.1) is 0 Å². The number of benzene rings is 1. The minimum Gasteiger partial charge on any atom is -0.355 e. The predicted molar refractivity (Wildman–Crippen MR) is 150 cm³/mol. The number of thioether (sulfide) groups is 1. The summed E-state index contributed by atoms with van der Waals surface area (Å²) >= 11 is 6.90. The third kappa shape index (κ3) is 4.85. The second kappa shape index (κ2) is 11.0. The maximum Gasteiger partial charge on any atom is 0.270 e. The lowest BCUT2D eigenvalue weighted by Gasteiger charge is -2.36. The summed E-state index contributed by atoms with van der Waals surface area (Å²) in [5, 5.41) is 9.84. The van der Waals surface area contributed by atoms with Gasteiger partial charge in [0.15, 0.2) is 0 Å². The van der Waals surface area contributed by atoms with E-state index in [0.717, 1.165) is 49.5 Å². The molecule has 1 amide bonds. The van der Waals surface area contributed by atoms with Crippen molar-refractivity contribution in [2.75, 3.05) is 38.1 Å². The van der Waals surface area contributed by atoms with E-state index in [-0.39, 0.29) is 23.1 Å². The number of thiocarbonyl (C=S) groups is 1. The molecular weight excluding hydrogens is 490 g/mol. The molecule has 0 saturated carbocycles. The quantitative estimate of drug-likeness (QED) is 0.418. The molecule has 0 radical (unpaired) electrons. The van der Waals surface area contributed by atoms with Crippen LogP contribution < -0.4 is 10.5 Å². The van der Waals surface area contributed by atoms with Gasteiger partial charge < -0.3 is 9.80 Å². The molecule has 0 N–H and O–H groups in total. The zero-order valence-electron chi connectivity index (χ0n) is 21.2. The van der Waals surface area contributed by atoms with Gasteiger partial charge in [-0.1, -0.05) is 61.2 Å². The van der Waals surface area contributed by atoms with E-state index in [1.54, 1.807) is 16.4 Å². The number of rotatable bonds is 6. The molecule has 36 heavy (non-hydrogen) atoms. The number of aromatic nitrogens is 1. The molecule has 9 heteroatoms. The molecule has 2 aliphatic heterocycles. The molecule has 2 saturated heterocycles. The second-order valence-electron chi connectivity index (χ2n) is 9.23. The van der Waals surface area contributed by atoms with Crippen LogP contribution in [0, 0.1) is 18.3 Å². The first-order chi connectivity index (χ1) is 17.3. The van der Waals surface area contributed by atoms with Gasteiger partial charge in [0, 0.05) is 38.3 Å². The Balaban J connectivity index is 1.84. The molecule has 4 rings (SSSR count). The van der Waals surface area contributed by atoms with Gasteiger partial charge in [0.1, 0.15) is 21.8 Å². The van der Waals surface area contributed by atoms with Crippen LogP contribution in [0.3, 0.4) is 0 Å². The third-order valence-electron chi connectivity index (χ3n) is 6.86. The Morgan fingerprint density at radius 2 is 1.83 bits per heavy atom. The molecule has 1 unspecified atom stereocenters. The largest absolute Gasteiger partial charge is 0.355 e. The second-order valence-corrected chi connectivity index (χ2v) is 10.9. The first kappa shape index (κ1) is 26.1. The zero-order chi connectivity index (χ0) is 26.0. The van der Waals surface area contributed by atoms with Gasteiger partial charge in [0.05, 0.1) is 10.9 Å². The van der Waals surface area contributed by atoms with E-state index < -0.39 is 0 Å². The van der Waals surface area contributed by atoms with Gasteiger partial charge in [-0.3, -0.25) is 19.1 Å². The number of nitrogens with zero attached hydrogens (tertiary/aromatic N) is 5. The first-order valence-electron chi connectivity index (χ1n) is 12.2. The van der Waals surface area contributed by atoms with Gasteiger partial charge in [0.25, 0.3) is 11.5 Å². The maximum absolute atomic E-state index is 13.6. The molecule has 1 aromatic heterocycles. The summed E-state index contributed by atoms with van der Waals surface area (Å²) in [6.07, 6.45) is 2.59. The third-order valence-corrected chi connectivity index (χ3v) is 8.20. The lowest BCUT2D eigenvalue weighted by molar-refractivity contribution is -0.123. The lowest BCUT2D eigenvalue weighted by atomic mass is 10.0. The number of amides is 1. The Bertz CT molecular complexity index is 1300. The number of likely N-dealkylation sites (N-methyl/N-ethyl adjacent to an activating group) is 1. The minimum atomic E-state index is -0.270. The summed E-state index contributed by atoms with van der Waals surface area (Å²) in [5.41, 5.74) is 2.21. The molecule has 2 aliphatic rings. The van der Waals surface area contributed by atoms with Crippen molar-refractivity contribution in [1.29, 1.82) is 5.26 Å². The van der Waals surface area contributed by atoms with Crippen molar-refractivity contribution in [2.45, 2.75) is 39.8 Å². The van der Waals surface area contributed by atoms with Gasteiger partial charge in [-0.05, 0) is 44.5 Å². The SMILES string of the molecule is CCCn1c(N2CCN(C)CC2)c(/C=C2\SC(=S)N(C(C)c3ccccc3)C2=O)c(C)c(C#N)c1=O. The highest BCUT2D eigenvalue weighted by atomic mass is 32.2. The van der Waals surface area contributed by atoms with Crippen LogP contribution in [0.5, 0.6) is 0 Å². The van der Waals surface area contributed by atoms with E-state index in [1.165, 1.54) is 11.8 Å². The summed E-state index contributed by atoms with van der Waals surface area (Å²) in [5.74, 6) is 0.629. The number of hydrogen-bond acceptors (Lipinski definition) is 7. The van der Waals surface area contributed by atoms with Crippen LogP contribution in [-0.2, 0) is 11.3 Å². The summed E-state index contributed by atoms with van der Waals surface area (Å²) in [6, 6.07) is 11.7. The van der Waals surface area contributed by atoms with Crippen molar-refractivity contribution < 1.29 is 4.79 Å². The van der Waals surface area contributed by atoms with Crippen LogP contribution in [-0.4, -0.2) is 57.8 Å². The standard InChI is InChI=1S/C27H31N5O2S2/c1-5-11-31-24(30-14-12-29(4)13-15-30)21(18(2)22(17-28)25(31)33)16-23-26(34)32(27(35)36-23)19(3)20-9-7-6-8-10-20/h6-10,16,19H,5,11-15H2,1-4H3/b23-16-. The average molecular weight is 522 g/mol. The number of anilines is 1. The molecule has 2 fully saturated rings. The lowest BCUT2D eigenvalue weighted by Crippen LogP contribution is -2.47. The van der Waals surface area contributed by atoms with Gasteiger partial charge in [-0.2, -0.15) is 5.26 Å². The zero-order valence-corrected chi connectivity index (χ0v) is 22.8. The average Bonchev–Trinajstić information content (AvgIpc) is 3.15. The number of pyridine rings is 1. The molecule has 7 nitrogen and oxygen atoms in total. The van der Waals surface area contributed by atoms with Crippen molar-refractivity contribution in [3.8, 4) is 6.07 Å². The summed E-state index contributed by atoms with van der Waals surface area (Å²) in [4.78, 5) is 33.6.